The maximum atomic E-state index is 12.7. The second-order valence-electron chi connectivity index (χ2n) is 9.43. The van der Waals surface area contributed by atoms with Crippen LogP contribution >= 0.6 is 7.82 Å². The molecule has 5 atom stereocenters. The first-order valence-corrected chi connectivity index (χ1v) is 11.6. The van der Waals surface area contributed by atoms with Gasteiger partial charge in [-0.3, -0.25) is 23.4 Å². The van der Waals surface area contributed by atoms with Crippen LogP contribution in [0.5, 0.6) is 0 Å². The van der Waals surface area contributed by atoms with E-state index >= 15 is 0 Å². The third kappa shape index (κ3) is 4.79. The number of H-pyrrole nitrogens is 1. The summed E-state index contributed by atoms with van der Waals surface area (Å²) in [5.74, 6) is 0.184. The second-order valence-corrected chi connectivity index (χ2v) is 10.8. The Morgan fingerprint density at radius 1 is 1.40 bits per heavy atom. The minimum Gasteiger partial charge on any atom is -0.371 e. The second kappa shape index (κ2) is 8.00. The molecule has 3 rings (SSSR count). The van der Waals surface area contributed by atoms with Crippen LogP contribution in [0.4, 0.5) is 0 Å². The van der Waals surface area contributed by atoms with E-state index < -0.39 is 48.7 Å². The molecule has 0 amide bonds. The highest BCUT2D eigenvalue weighted by molar-refractivity contribution is 7.47. The highest BCUT2D eigenvalue weighted by Gasteiger charge is 2.61. The van der Waals surface area contributed by atoms with Gasteiger partial charge in [-0.25, -0.2) is 9.36 Å². The van der Waals surface area contributed by atoms with E-state index in [-0.39, 0.29) is 5.92 Å². The van der Waals surface area contributed by atoms with E-state index in [1.807, 2.05) is 13.8 Å². The fraction of sp³-hybridized carbons (Fsp3) is 0.789. The van der Waals surface area contributed by atoms with E-state index in [4.69, 9.17) is 18.5 Å². The molecule has 1 aromatic heterocycles. The molecule has 2 saturated heterocycles. The molecular formula is C19H31N2O8P. The van der Waals surface area contributed by atoms with Crippen molar-refractivity contribution in [3.63, 3.8) is 0 Å². The molecule has 0 aromatic carbocycles. The average molecular weight is 446 g/mol. The summed E-state index contributed by atoms with van der Waals surface area (Å²) in [6.07, 6.45) is -0.328. The number of hydrogen-bond acceptors (Lipinski definition) is 7. The largest absolute Gasteiger partial charge is 0.473 e. The molecule has 2 aliphatic heterocycles. The monoisotopic (exact) mass is 446 g/mol. The molecule has 2 N–H and O–H groups in total. The van der Waals surface area contributed by atoms with E-state index in [1.54, 1.807) is 27.7 Å². The van der Waals surface area contributed by atoms with Gasteiger partial charge in [0, 0.05) is 18.2 Å². The van der Waals surface area contributed by atoms with E-state index in [1.165, 1.54) is 10.8 Å². The van der Waals surface area contributed by atoms with E-state index in [2.05, 4.69) is 4.98 Å². The molecule has 1 aromatic rings. The first-order valence-electron chi connectivity index (χ1n) is 10.1. The molecule has 170 valence electrons. The number of aromatic nitrogens is 2. The third-order valence-corrected chi connectivity index (χ3v) is 6.37. The number of rotatable bonds is 6. The number of ether oxygens (including phenoxy) is 2. The molecule has 2 aliphatic rings. The molecule has 0 radical (unpaired) electrons. The predicted octanol–water partition coefficient (Wildman–Crippen LogP) is 2.25. The molecule has 0 saturated carbocycles. The number of hydrogen-bond donors (Lipinski definition) is 2. The Morgan fingerprint density at radius 2 is 2.07 bits per heavy atom. The normalized spacial score (nSPS) is 31.1. The van der Waals surface area contributed by atoms with Crippen molar-refractivity contribution in [3.8, 4) is 0 Å². The number of aryl methyl sites for hydroxylation is 1. The zero-order chi connectivity index (χ0) is 22.5. The highest BCUT2D eigenvalue weighted by Crippen LogP contribution is 2.56. The van der Waals surface area contributed by atoms with E-state index in [0.717, 1.165) is 0 Å². The van der Waals surface area contributed by atoms with E-state index in [9.17, 15) is 19.0 Å². The van der Waals surface area contributed by atoms with Crippen LogP contribution in [0.3, 0.4) is 0 Å². The molecular weight excluding hydrogens is 415 g/mol. The standard InChI is InChI=1S/C19H31N2O8P/c1-11(2)9-19-7-8-26-13(14(19)28-30(24,25)29-18(4,5)6)16(27-19)21-10-12(3)15(22)20-17(21)23/h10-11,13-14,16H,7-9H2,1-6H3,(H,24,25)(H,20,22,23)/t13?,14?,16-,19-/m1/s1. The van der Waals surface area contributed by atoms with Crippen molar-refractivity contribution in [1.29, 1.82) is 0 Å². The van der Waals surface area contributed by atoms with Gasteiger partial charge in [-0.05, 0) is 40.0 Å². The molecule has 11 heteroatoms. The Kier molecular flexibility index (Phi) is 6.23. The van der Waals surface area contributed by atoms with Crippen LogP contribution in [0.25, 0.3) is 0 Å². The van der Waals surface area contributed by atoms with Gasteiger partial charge in [0.2, 0.25) is 0 Å². The van der Waals surface area contributed by atoms with E-state index in [0.29, 0.717) is 25.0 Å². The Bertz CT molecular complexity index is 949. The van der Waals surface area contributed by atoms with Gasteiger partial charge in [-0.1, -0.05) is 13.8 Å². The minimum atomic E-state index is -4.46. The van der Waals surface area contributed by atoms with Gasteiger partial charge >= 0.3 is 13.5 Å². The lowest BCUT2D eigenvalue weighted by Crippen LogP contribution is -2.51. The lowest BCUT2D eigenvalue weighted by molar-refractivity contribution is -0.131. The number of aromatic amines is 1. The van der Waals surface area contributed by atoms with Crippen LogP contribution in [0.1, 0.15) is 59.3 Å². The molecule has 10 nitrogen and oxygen atoms in total. The zero-order valence-corrected chi connectivity index (χ0v) is 19.1. The lowest BCUT2D eigenvalue weighted by atomic mass is 9.82. The van der Waals surface area contributed by atoms with Crippen molar-refractivity contribution in [2.45, 2.75) is 84.0 Å². The summed E-state index contributed by atoms with van der Waals surface area (Å²) in [4.78, 5) is 36.9. The van der Waals surface area contributed by atoms with Crippen molar-refractivity contribution in [3.05, 3.63) is 32.6 Å². The smallest absolute Gasteiger partial charge is 0.371 e. The minimum absolute atomic E-state index is 0.184. The fourth-order valence-corrected chi connectivity index (χ4v) is 5.51. The van der Waals surface area contributed by atoms with Crippen LogP contribution in [0.15, 0.2) is 15.8 Å². The van der Waals surface area contributed by atoms with Crippen molar-refractivity contribution < 1.29 is 28.0 Å². The van der Waals surface area contributed by atoms with Gasteiger partial charge < -0.3 is 14.4 Å². The molecule has 0 aliphatic carbocycles. The van der Waals surface area contributed by atoms with Gasteiger partial charge in [-0.2, -0.15) is 0 Å². The number of nitrogens with one attached hydrogen (secondary N) is 1. The Labute approximate surface area is 175 Å². The maximum Gasteiger partial charge on any atom is 0.473 e. The SMILES string of the molecule is Cc1cn([C@@H]2O[C@@]3(CC(C)C)CCOC2C3OP(=O)(O)OC(C)(C)C)c(=O)[nH]c1=O. The van der Waals surface area contributed by atoms with Crippen LogP contribution in [-0.2, 0) is 23.1 Å². The topological polar surface area (TPSA) is 129 Å². The van der Waals surface area contributed by atoms with Gasteiger partial charge in [0.25, 0.3) is 5.56 Å². The highest BCUT2D eigenvalue weighted by atomic mass is 31.2. The van der Waals surface area contributed by atoms with Gasteiger partial charge in [-0.15, -0.1) is 0 Å². The first kappa shape index (κ1) is 23.4. The average Bonchev–Trinajstić information content (AvgIpc) is 2.71. The number of nitrogens with zero attached hydrogens (tertiary/aromatic N) is 1. The summed E-state index contributed by atoms with van der Waals surface area (Å²) in [5.41, 5.74) is -2.65. The van der Waals surface area contributed by atoms with Crippen molar-refractivity contribution >= 4 is 7.82 Å². The van der Waals surface area contributed by atoms with Gasteiger partial charge in [0.15, 0.2) is 6.23 Å². The summed E-state index contributed by atoms with van der Waals surface area (Å²) in [7, 11) is -4.46. The molecule has 2 bridgehead atoms. The van der Waals surface area contributed by atoms with Crippen molar-refractivity contribution in [2.75, 3.05) is 6.61 Å². The van der Waals surface area contributed by atoms with Crippen LogP contribution in [0.2, 0.25) is 0 Å². The third-order valence-electron chi connectivity index (χ3n) is 5.10. The summed E-state index contributed by atoms with van der Waals surface area (Å²) in [6, 6.07) is 0. The summed E-state index contributed by atoms with van der Waals surface area (Å²) in [6.45, 7) is 10.9. The first-order chi connectivity index (χ1) is 13.7. The number of phosphoric ester groups is 1. The fourth-order valence-electron chi connectivity index (χ4n) is 4.18. The maximum absolute atomic E-state index is 12.7. The van der Waals surface area contributed by atoms with Gasteiger partial charge in [0.05, 0.1) is 12.2 Å². The van der Waals surface area contributed by atoms with Crippen molar-refractivity contribution in [2.24, 2.45) is 5.92 Å². The predicted molar refractivity (Wildman–Crippen MR) is 108 cm³/mol. The van der Waals surface area contributed by atoms with Crippen LogP contribution in [-0.4, -0.2) is 44.5 Å². The quantitative estimate of drug-likeness (QED) is 0.637. The molecule has 0 spiro atoms. The summed E-state index contributed by atoms with van der Waals surface area (Å²) >= 11 is 0. The van der Waals surface area contributed by atoms with Crippen LogP contribution in [0, 0.1) is 12.8 Å². The molecule has 3 unspecified atom stereocenters. The molecule has 2 fully saturated rings. The number of phosphoric acid groups is 1. The molecule has 3 heterocycles. The Balaban J connectivity index is 2.03. The lowest BCUT2D eigenvalue weighted by Gasteiger charge is -2.40. The summed E-state index contributed by atoms with van der Waals surface area (Å²) < 4.78 is 37.1. The van der Waals surface area contributed by atoms with Gasteiger partial charge in [0.1, 0.15) is 17.8 Å². The van der Waals surface area contributed by atoms with Crippen molar-refractivity contribution in [1.82, 2.24) is 9.55 Å². The zero-order valence-electron chi connectivity index (χ0n) is 18.2. The summed E-state index contributed by atoms with van der Waals surface area (Å²) in [5, 5.41) is 0. The molecule has 30 heavy (non-hydrogen) atoms. The van der Waals surface area contributed by atoms with Crippen LogP contribution < -0.4 is 11.2 Å². The Hall–Kier alpha value is -1.29. The Morgan fingerprint density at radius 3 is 2.67 bits per heavy atom. The number of fused-ring (bicyclic) bond motifs is 2.